The molecule has 0 radical (unpaired) electrons. The van der Waals surface area contributed by atoms with Crippen molar-refractivity contribution in [2.24, 2.45) is 0 Å². The molecule has 11 nitrogen and oxygen atoms in total. The lowest BCUT2D eigenvalue weighted by Gasteiger charge is -2.30. The van der Waals surface area contributed by atoms with Gasteiger partial charge in [-0.15, -0.1) is 11.3 Å². The molecule has 1 aromatic heterocycles. The average molecular weight is 596 g/mol. The molecule has 5 amide bonds. The second-order valence-corrected chi connectivity index (χ2v) is 12.7. The first kappa shape index (κ1) is 28.3. The van der Waals surface area contributed by atoms with Crippen molar-refractivity contribution in [3.8, 4) is 0 Å². The van der Waals surface area contributed by atoms with Gasteiger partial charge in [-0.25, -0.2) is 13.2 Å². The number of benzene rings is 2. The zero-order valence-corrected chi connectivity index (χ0v) is 24.2. The monoisotopic (exact) mass is 595 g/mol. The SMILES string of the molecule is CNC(=O)NC(=O)c1c(NC(=O)c2ccc(S(=O)(=O)N3CCCc4ccccc43)cc2)sc2c1CCN(C(C)=O)C2. The summed E-state index contributed by atoms with van der Waals surface area (Å²) in [5, 5.41) is 7.58. The maximum Gasteiger partial charge on any atom is 0.321 e. The van der Waals surface area contributed by atoms with E-state index in [9.17, 15) is 27.6 Å². The van der Waals surface area contributed by atoms with E-state index >= 15 is 0 Å². The van der Waals surface area contributed by atoms with Crippen LogP contribution in [-0.4, -0.2) is 57.2 Å². The molecule has 0 saturated carbocycles. The molecule has 2 aliphatic rings. The van der Waals surface area contributed by atoms with Gasteiger partial charge in [-0.3, -0.25) is 24.0 Å². The van der Waals surface area contributed by atoms with Crippen LogP contribution in [0, 0.1) is 0 Å². The number of carbonyl (C=O) groups is 4. The Bertz CT molecular complexity index is 1650. The van der Waals surface area contributed by atoms with Gasteiger partial charge in [0.2, 0.25) is 5.91 Å². The number of fused-ring (bicyclic) bond motifs is 2. The van der Waals surface area contributed by atoms with Crippen LogP contribution in [0.4, 0.5) is 15.5 Å². The average Bonchev–Trinajstić information content (AvgIpc) is 3.33. The molecule has 0 unspecified atom stereocenters. The van der Waals surface area contributed by atoms with Crippen LogP contribution < -0.4 is 20.3 Å². The first-order valence-corrected chi connectivity index (χ1v) is 15.3. The molecule has 41 heavy (non-hydrogen) atoms. The number of urea groups is 1. The molecule has 3 N–H and O–H groups in total. The van der Waals surface area contributed by atoms with Crippen molar-refractivity contribution in [3.63, 3.8) is 0 Å². The van der Waals surface area contributed by atoms with Gasteiger partial charge in [0.15, 0.2) is 0 Å². The third-order valence-electron chi connectivity index (χ3n) is 7.18. The highest BCUT2D eigenvalue weighted by Gasteiger charge is 2.31. The predicted molar refractivity (Wildman–Crippen MR) is 155 cm³/mol. The van der Waals surface area contributed by atoms with Crippen molar-refractivity contribution in [1.82, 2.24) is 15.5 Å². The van der Waals surface area contributed by atoms with E-state index in [0.717, 1.165) is 16.9 Å². The number of hydrogen-bond acceptors (Lipinski definition) is 7. The van der Waals surface area contributed by atoms with E-state index in [4.69, 9.17) is 0 Å². The topological polar surface area (TPSA) is 145 Å². The van der Waals surface area contributed by atoms with Crippen molar-refractivity contribution < 1.29 is 27.6 Å². The molecule has 13 heteroatoms. The van der Waals surface area contributed by atoms with Crippen LogP contribution in [0.1, 0.15) is 50.1 Å². The lowest BCUT2D eigenvalue weighted by molar-refractivity contribution is -0.129. The molecule has 0 fully saturated rings. The lowest BCUT2D eigenvalue weighted by atomic mass is 10.0. The molecular weight excluding hydrogens is 566 g/mol. The number of rotatable bonds is 5. The third-order valence-corrected chi connectivity index (χ3v) is 10.1. The Kier molecular flexibility index (Phi) is 7.82. The van der Waals surface area contributed by atoms with Crippen molar-refractivity contribution in [2.45, 2.75) is 37.6 Å². The number of imide groups is 1. The van der Waals surface area contributed by atoms with Crippen molar-refractivity contribution in [3.05, 3.63) is 75.7 Å². The molecule has 214 valence electrons. The van der Waals surface area contributed by atoms with Crippen molar-refractivity contribution in [2.75, 3.05) is 29.8 Å². The molecule has 2 aliphatic heterocycles. The minimum Gasteiger partial charge on any atom is -0.341 e. The van der Waals surface area contributed by atoms with E-state index in [-0.39, 0.29) is 33.5 Å². The fourth-order valence-electron chi connectivity index (χ4n) is 5.06. The molecule has 2 aromatic carbocycles. The summed E-state index contributed by atoms with van der Waals surface area (Å²) in [4.78, 5) is 52.5. The normalized spacial score (nSPS) is 14.5. The van der Waals surface area contributed by atoms with Crippen LogP contribution in [-0.2, 0) is 34.2 Å². The Hall–Kier alpha value is -4.23. The molecule has 0 atom stereocenters. The van der Waals surface area contributed by atoms with Crippen LogP contribution in [0.5, 0.6) is 0 Å². The van der Waals surface area contributed by atoms with Crippen LogP contribution in [0.2, 0.25) is 0 Å². The van der Waals surface area contributed by atoms with E-state index in [0.29, 0.717) is 37.2 Å². The zero-order chi connectivity index (χ0) is 29.3. The summed E-state index contributed by atoms with van der Waals surface area (Å²) in [5.74, 6) is -1.32. The summed E-state index contributed by atoms with van der Waals surface area (Å²) in [6.45, 7) is 2.53. The fraction of sp³-hybridized carbons (Fsp3) is 0.286. The van der Waals surface area contributed by atoms with Gasteiger partial charge < -0.3 is 15.5 Å². The van der Waals surface area contributed by atoms with Crippen LogP contribution in [0.15, 0.2) is 53.4 Å². The van der Waals surface area contributed by atoms with Crippen LogP contribution >= 0.6 is 11.3 Å². The number of amides is 5. The Morgan fingerprint density at radius 3 is 2.37 bits per heavy atom. The number of para-hydroxylation sites is 1. The summed E-state index contributed by atoms with van der Waals surface area (Å²) in [6.07, 6.45) is 1.91. The number of thiophene rings is 1. The lowest BCUT2D eigenvalue weighted by Crippen LogP contribution is -2.39. The fourth-order valence-corrected chi connectivity index (χ4v) is 7.86. The number of sulfonamides is 1. The van der Waals surface area contributed by atoms with Crippen LogP contribution in [0.25, 0.3) is 0 Å². The summed E-state index contributed by atoms with van der Waals surface area (Å²) >= 11 is 1.17. The largest absolute Gasteiger partial charge is 0.341 e. The van der Waals surface area contributed by atoms with Gasteiger partial charge >= 0.3 is 6.03 Å². The second-order valence-electron chi connectivity index (χ2n) is 9.72. The molecule has 0 aliphatic carbocycles. The Balaban J connectivity index is 1.40. The van der Waals surface area contributed by atoms with Gasteiger partial charge in [0.05, 0.1) is 22.7 Å². The molecule has 5 rings (SSSR count). The van der Waals surface area contributed by atoms with Gasteiger partial charge in [-0.2, -0.15) is 0 Å². The van der Waals surface area contributed by atoms with E-state index in [1.54, 1.807) is 11.0 Å². The highest BCUT2D eigenvalue weighted by Crippen LogP contribution is 2.38. The molecule has 3 heterocycles. The maximum atomic E-state index is 13.5. The van der Waals surface area contributed by atoms with Gasteiger partial charge in [-0.05, 0) is 60.7 Å². The summed E-state index contributed by atoms with van der Waals surface area (Å²) < 4.78 is 28.3. The third kappa shape index (κ3) is 5.55. The number of hydrogen-bond donors (Lipinski definition) is 3. The van der Waals surface area contributed by atoms with Crippen molar-refractivity contribution in [1.29, 1.82) is 0 Å². The zero-order valence-electron chi connectivity index (χ0n) is 22.5. The van der Waals surface area contributed by atoms with Gasteiger partial charge in [0.1, 0.15) is 5.00 Å². The van der Waals surface area contributed by atoms with Gasteiger partial charge in [0.25, 0.3) is 21.8 Å². The Labute approximate surface area is 241 Å². The second kappa shape index (κ2) is 11.3. The Morgan fingerprint density at radius 2 is 1.66 bits per heavy atom. The molecular formula is C28H29N5O6S2. The smallest absolute Gasteiger partial charge is 0.321 e. The first-order chi connectivity index (χ1) is 19.6. The summed E-state index contributed by atoms with van der Waals surface area (Å²) in [5.41, 5.74) is 2.67. The standard InChI is InChI=1S/C28H29N5O6S2/c1-17(34)32-15-13-21-23(16-32)40-27(24(21)26(36)31-28(37)29-2)30-25(35)19-9-11-20(12-10-19)41(38,39)33-14-5-7-18-6-3-4-8-22(18)33/h3-4,6,8-12H,5,7,13-16H2,1-2H3,(H,30,35)(H2,29,31,36,37). The number of carbonyl (C=O) groups excluding carboxylic acids is 4. The number of nitrogens with one attached hydrogen (secondary N) is 3. The molecule has 0 saturated heterocycles. The minimum atomic E-state index is -3.84. The van der Waals surface area contributed by atoms with Gasteiger partial charge in [0, 0.05) is 37.5 Å². The van der Waals surface area contributed by atoms with Crippen molar-refractivity contribution >= 4 is 55.8 Å². The number of aryl methyl sites for hydroxylation is 1. The number of nitrogens with zero attached hydrogens (tertiary/aromatic N) is 2. The van der Waals surface area contributed by atoms with E-state index < -0.39 is 27.9 Å². The van der Waals surface area contributed by atoms with Crippen LogP contribution in [0.3, 0.4) is 0 Å². The quantitative estimate of drug-likeness (QED) is 0.413. The van der Waals surface area contributed by atoms with Gasteiger partial charge in [-0.1, -0.05) is 18.2 Å². The van der Waals surface area contributed by atoms with E-state index in [2.05, 4.69) is 16.0 Å². The summed E-state index contributed by atoms with van der Waals surface area (Å²) in [6, 6.07) is 12.4. The molecule has 3 aromatic rings. The molecule has 0 spiro atoms. The van der Waals surface area contributed by atoms with E-state index in [1.807, 2.05) is 18.2 Å². The minimum absolute atomic E-state index is 0.0623. The highest BCUT2D eigenvalue weighted by molar-refractivity contribution is 7.92. The number of anilines is 2. The predicted octanol–water partition coefficient (Wildman–Crippen LogP) is 3.12. The van der Waals surface area contributed by atoms with E-state index in [1.165, 1.54) is 53.9 Å². The first-order valence-electron chi connectivity index (χ1n) is 13.1. The molecule has 0 bridgehead atoms. The maximum absolute atomic E-state index is 13.5. The highest BCUT2D eigenvalue weighted by atomic mass is 32.2. The Morgan fingerprint density at radius 1 is 0.927 bits per heavy atom. The summed E-state index contributed by atoms with van der Waals surface area (Å²) in [7, 11) is -2.46.